The van der Waals surface area contributed by atoms with E-state index in [-0.39, 0.29) is 82.4 Å². The van der Waals surface area contributed by atoms with Gasteiger partial charge in [-0.1, -0.05) is 26.7 Å². The molecule has 0 bridgehead atoms. The Kier molecular flexibility index (Phi) is 28.2. The fourth-order valence-electron chi connectivity index (χ4n) is 1.15. The molecule has 0 aliphatic heterocycles. The van der Waals surface area contributed by atoms with Gasteiger partial charge in [0.25, 0.3) is 0 Å². The summed E-state index contributed by atoms with van der Waals surface area (Å²) < 4.78 is 50.3. The summed E-state index contributed by atoms with van der Waals surface area (Å²) in [6.45, 7) is 3.05. The average Bonchev–Trinajstić information content (AvgIpc) is 2.52. The number of hydrogen-bond donors (Lipinski definition) is 2. The van der Waals surface area contributed by atoms with Crippen LogP contribution in [0.4, 0.5) is 0 Å². The summed E-state index contributed by atoms with van der Waals surface area (Å²) in [6.07, 6.45) is 2.06. The first-order valence-corrected chi connectivity index (χ1v) is 14.2. The summed E-state index contributed by atoms with van der Waals surface area (Å²) in [6, 6.07) is 0. The Morgan fingerprint density at radius 2 is 0.871 bits per heavy atom. The van der Waals surface area contributed by atoms with Crippen LogP contribution in [0, 0.1) is 0 Å². The number of unbranched alkanes of at least 4 members (excludes halogenated alkanes) is 2. The van der Waals surface area contributed by atoms with Gasteiger partial charge in [-0.2, -0.15) is 0 Å². The molecule has 0 aromatic carbocycles. The second-order valence-electron chi connectivity index (χ2n) is 5.23. The van der Waals surface area contributed by atoms with Crippen molar-refractivity contribution in [2.45, 2.75) is 50.7 Å². The first-order chi connectivity index (χ1) is 12.4. The van der Waals surface area contributed by atoms with Gasteiger partial charge in [-0.25, -0.2) is 0 Å². The van der Waals surface area contributed by atoms with Crippen LogP contribution in [0.5, 0.6) is 0 Å². The van der Waals surface area contributed by atoms with E-state index in [0.29, 0.717) is 25.7 Å². The summed E-state index contributed by atoms with van der Waals surface area (Å²) in [5.74, 6) is 0. The van der Waals surface area contributed by atoms with Gasteiger partial charge < -0.3 is 66.9 Å². The zero-order chi connectivity index (χ0) is 22.8. The molecule has 31 heavy (non-hydrogen) atoms. The van der Waals surface area contributed by atoms with Gasteiger partial charge in [-0.3, -0.25) is 0 Å². The van der Waals surface area contributed by atoms with Crippen LogP contribution in [0.25, 0.3) is 0 Å². The van der Waals surface area contributed by atoms with Gasteiger partial charge in [-0.15, -0.1) is 0 Å². The fourth-order valence-corrected chi connectivity index (χ4v) is 5.36. The molecule has 4 unspecified atom stereocenters. The van der Waals surface area contributed by atoms with Gasteiger partial charge in [0.2, 0.25) is 0 Å². The molecule has 0 aromatic rings. The maximum absolute atomic E-state index is 10.8. The van der Waals surface area contributed by atoms with E-state index in [1.54, 1.807) is 13.8 Å². The molecule has 172 valence electrons. The molecule has 4 atom stereocenters. The Bertz CT molecular complexity index is 586. The summed E-state index contributed by atoms with van der Waals surface area (Å²) >= 11 is 0. The zero-order valence-electron chi connectivity index (χ0n) is 17.1. The van der Waals surface area contributed by atoms with Gasteiger partial charge >= 0.3 is 69.2 Å². The van der Waals surface area contributed by atoms with Crippen molar-refractivity contribution >= 4 is 99.5 Å². The first kappa shape index (κ1) is 43.9. The Morgan fingerprint density at radius 1 is 0.645 bits per heavy atom. The molecule has 2 N–H and O–H groups in total. The molecule has 0 heterocycles. The van der Waals surface area contributed by atoms with E-state index in [4.69, 9.17) is 10.2 Å². The van der Waals surface area contributed by atoms with Gasteiger partial charge in [-0.05, 0) is 28.0 Å². The second-order valence-corrected chi connectivity index (χ2v) is 12.8. The number of aliphatic hydroxyl groups is 2. The third-order valence-corrected chi connectivity index (χ3v) is 9.41. The van der Waals surface area contributed by atoms with Crippen LogP contribution in [0.3, 0.4) is 0 Å². The Morgan fingerprint density at radius 3 is 1.03 bits per heavy atom. The predicted octanol–water partition coefficient (Wildman–Crippen LogP) is -4.05. The monoisotopic (exact) mass is 562 g/mol. The molecule has 0 radical (unpaired) electrons. The SMILES string of the molecule is CCCCOP(=O)([O-])C(O)P(=O)([O-])[O-].CCCCOP(=O)([O-])C(O)P(=O)([O-])[O-].[Mg+2].[Mg+2].[Mg+2]. The Balaban J connectivity index is -0.000000133. The molecule has 0 spiro atoms. The molecule has 0 amide bonds. The van der Waals surface area contributed by atoms with Crippen molar-refractivity contribution < 1.29 is 66.9 Å². The van der Waals surface area contributed by atoms with Crippen molar-refractivity contribution in [3.05, 3.63) is 0 Å². The summed E-state index contributed by atoms with van der Waals surface area (Å²) in [5.41, 5.74) is -5.99. The quantitative estimate of drug-likeness (QED) is 0.130. The van der Waals surface area contributed by atoms with Crippen LogP contribution in [0.1, 0.15) is 39.5 Å². The Hall–Kier alpha value is 2.82. The van der Waals surface area contributed by atoms with E-state index in [1.807, 2.05) is 0 Å². The van der Waals surface area contributed by atoms with Crippen molar-refractivity contribution in [3.8, 4) is 0 Å². The maximum Gasteiger partial charge on any atom is 2.00 e. The molecule has 0 saturated carbocycles. The van der Waals surface area contributed by atoms with Crippen molar-refractivity contribution in [3.63, 3.8) is 0 Å². The van der Waals surface area contributed by atoms with Crippen LogP contribution in [0.2, 0.25) is 0 Å². The molecule has 0 aromatic heterocycles. The molecule has 14 nitrogen and oxygen atoms in total. The third-order valence-electron chi connectivity index (χ3n) is 2.67. The average molecular weight is 563 g/mol. The van der Waals surface area contributed by atoms with Crippen LogP contribution in [0.15, 0.2) is 0 Å². The summed E-state index contributed by atoms with van der Waals surface area (Å²) in [4.78, 5) is 62.4. The minimum atomic E-state index is -5.57. The van der Waals surface area contributed by atoms with E-state index < -0.39 is 41.6 Å². The summed E-state index contributed by atoms with van der Waals surface area (Å²) in [7, 11) is -21.2. The molecular weight excluding hydrogens is 541 g/mol. The standard InChI is InChI=1S/2C5H14O7P2.3Mg/c2*1-2-3-4-12-14(10,11)5(6)13(7,8)9;;;/h2*5-6H,2-4H2,1H3,(H,10,11)(H2,7,8,9);;;/q;;3*+2/p-6. The van der Waals surface area contributed by atoms with E-state index in [0.717, 1.165) is 0 Å². The van der Waals surface area contributed by atoms with Crippen molar-refractivity contribution in [1.82, 2.24) is 0 Å². The molecular formula is C10H22Mg3O14P4. The zero-order valence-corrected chi connectivity index (χ0v) is 24.9. The third kappa shape index (κ3) is 20.7. The van der Waals surface area contributed by atoms with Gasteiger partial charge in [0.05, 0.1) is 13.2 Å². The van der Waals surface area contributed by atoms with Crippen LogP contribution >= 0.6 is 30.4 Å². The molecule has 21 heteroatoms. The van der Waals surface area contributed by atoms with Crippen LogP contribution in [-0.4, -0.2) is 104 Å². The molecule has 0 saturated heterocycles. The minimum Gasteiger partial charge on any atom is -0.809 e. The van der Waals surface area contributed by atoms with Gasteiger partial charge in [0.1, 0.15) is 11.2 Å². The molecule has 0 rings (SSSR count). The van der Waals surface area contributed by atoms with Gasteiger partial charge in [0, 0.05) is 0 Å². The normalized spacial score (nSPS) is 17.1. The van der Waals surface area contributed by atoms with E-state index >= 15 is 0 Å². The maximum atomic E-state index is 10.8. The van der Waals surface area contributed by atoms with E-state index in [1.165, 1.54) is 0 Å². The predicted molar refractivity (Wildman–Crippen MR) is 101 cm³/mol. The smallest absolute Gasteiger partial charge is 0.809 e. The first-order valence-electron chi connectivity index (χ1n) is 7.73. The number of hydrogen-bond acceptors (Lipinski definition) is 14. The van der Waals surface area contributed by atoms with Crippen LogP contribution < -0.4 is 29.4 Å². The van der Waals surface area contributed by atoms with Crippen molar-refractivity contribution in [1.29, 1.82) is 0 Å². The van der Waals surface area contributed by atoms with Gasteiger partial charge in [0.15, 0.2) is 15.2 Å². The summed E-state index contributed by atoms with van der Waals surface area (Å²) in [5, 5.41) is 17.2. The molecule has 0 fully saturated rings. The minimum absolute atomic E-state index is 0. The topological polar surface area (TPSA) is 266 Å². The van der Waals surface area contributed by atoms with E-state index in [2.05, 4.69) is 9.05 Å². The fraction of sp³-hybridized carbons (Fsp3) is 1.00. The second kappa shape index (κ2) is 19.9. The number of rotatable bonds is 12. The van der Waals surface area contributed by atoms with Crippen molar-refractivity contribution in [2.24, 2.45) is 0 Å². The largest absolute Gasteiger partial charge is 2.00 e. The van der Waals surface area contributed by atoms with E-state index in [9.17, 15) is 47.6 Å². The van der Waals surface area contributed by atoms with Crippen molar-refractivity contribution in [2.75, 3.05) is 13.2 Å². The molecule has 0 aliphatic rings. The number of aliphatic hydroxyl groups excluding tert-OH is 2. The van der Waals surface area contributed by atoms with Crippen LogP contribution in [-0.2, 0) is 27.3 Å². The molecule has 0 aliphatic carbocycles. The Labute approximate surface area is 228 Å².